The minimum Gasteiger partial charge on any atom is -0.453 e. The zero-order valence-electron chi connectivity index (χ0n) is 13.3. The lowest BCUT2D eigenvalue weighted by molar-refractivity contribution is 0.110. The van der Waals surface area contributed by atoms with E-state index in [1.807, 2.05) is 37.3 Å². The molecule has 0 unspecified atom stereocenters. The third-order valence-electron chi connectivity index (χ3n) is 4.15. The second-order valence-corrected chi connectivity index (χ2v) is 5.75. The number of fused-ring (bicyclic) bond motifs is 1. The molecule has 0 spiro atoms. The van der Waals surface area contributed by atoms with Gasteiger partial charge in [-0.3, -0.25) is 4.79 Å². The van der Waals surface area contributed by atoms with Crippen LogP contribution in [0, 0.1) is 6.92 Å². The van der Waals surface area contributed by atoms with Crippen LogP contribution in [-0.4, -0.2) is 15.8 Å². The second kappa shape index (κ2) is 5.81. The van der Waals surface area contributed by atoms with Gasteiger partial charge in [0.15, 0.2) is 12.0 Å². The van der Waals surface area contributed by atoms with Crippen LogP contribution >= 0.6 is 0 Å². The number of hydrogen-bond donors (Lipinski definition) is 0. The molecule has 2 aromatic carbocycles. The number of carbonyl (C=O) groups is 1. The smallest absolute Gasteiger partial charge is 0.185 e. The average Bonchev–Trinajstić information content (AvgIpc) is 3.20. The summed E-state index contributed by atoms with van der Waals surface area (Å²) >= 11 is 0. The number of aromatic nitrogens is 2. The van der Waals surface area contributed by atoms with Crippen LogP contribution in [0.1, 0.15) is 21.9 Å². The number of benzene rings is 2. The highest BCUT2D eigenvalue weighted by Crippen LogP contribution is 2.26. The molecule has 2 heterocycles. The van der Waals surface area contributed by atoms with Crippen LogP contribution in [0.3, 0.4) is 0 Å². The Bertz CT molecular complexity index is 1010. The van der Waals surface area contributed by atoms with Gasteiger partial charge >= 0.3 is 0 Å². The van der Waals surface area contributed by atoms with Gasteiger partial charge in [0.2, 0.25) is 0 Å². The monoisotopic (exact) mass is 316 g/mol. The summed E-state index contributed by atoms with van der Waals surface area (Å²) in [6.45, 7) is 2.80. The number of imidazole rings is 1. The van der Waals surface area contributed by atoms with Crippen LogP contribution in [-0.2, 0) is 6.54 Å². The van der Waals surface area contributed by atoms with Crippen molar-refractivity contribution in [2.24, 2.45) is 0 Å². The van der Waals surface area contributed by atoms with E-state index in [9.17, 15) is 4.79 Å². The van der Waals surface area contributed by atoms with E-state index in [2.05, 4.69) is 27.8 Å². The molecule has 4 heteroatoms. The zero-order chi connectivity index (χ0) is 16.5. The van der Waals surface area contributed by atoms with Gasteiger partial charge in [0.1, 0.15) is 11.6 Å². The molecular formula is C20H16N2O2. The number of hydrogen-bond acceptors (Lipinski definition) is 3. The van der Waals surface area contributed by atoms with E-state index in [4.69, 9.17) is 4.42 Å². The molecule has 4 rings (SSSR count). The maximum absolute atomic E-state index is 10.8. The van der Waals surface area contributed by atoms with E-state index in [0.29, 0.717) is 17.8 Å². The predicted octanol–water partition coefficient (Wildman–Crippen LogP) is 4.47. The Kier molecular flexibility index (Phi) is 3.50. The normalized spacial score (nSPS) is 11.0. The molecule has 0 saturated carbocycles. The highest BCUT2D eigenvalue weighted by Gasteiger charge is 2.11. The highest BCUT2D eigenvalue weighted by molar-refractivity contribution is 5.82. The number of aryl methyl sites for hydroxylation is 1. The van der Waals surface area contributed by atoms with Crippen LogP contribution in [0.15, 0.2) is 65.1 Å². The maximum atomic E-state index is 10.8. The molecule has 0 bridgehead atoms. The average molecular weight is 316 g/mol. The lowest BCUT2D eigenvalue weighted by atomic mass is 10.1. The lowest BCUT2D eigenvalue weighted by Crippen LogP contribution is -2.01. The van der Waals surface area contributed by atoms with Crippen molar-refractivity contribution in [3.8, 4) is 11.3 Å². The van der Waals surface area contributed by atoms with E-state index in [1.54, 1.807) is 12.1 Å². The molecule has 0 N–H and O–H groups in total. The summed E-state index contributed by atoms with van der Waals surface area (Å²) in [6, 6.07) is 19.9. The molecule has 4 aromatic rings. The van der Waals surface area contributed by atoms with Crippen LogP contribution in [0.2, 0.25) is 0 Å². The molecule has 0 radical (unpaired) electrons. The molecule has 0 amide bonds. The van der Waals surface area contributed by atoms with E-state index < -0.39 is 0 Å². The third-order valence-corrected chi connectivity index (χ3v) is 4.15. The van der Waals surface area contributed by atoms with Gasteiger partial charge in [-0.15, -0.1) is 0 Å². The van der Waals surface area contributed by atoms with Crippen molar-refractivity contribution in [2.75, 3.05) is 0 Å². The molecule has 0 saturated heterocycles. The fourth-order valence-corrected chi connectivity index (χ4v) is 2.94. The Labute approximate surface area is 139 Å². The fourth-order valence-electron chi connectivity index (χ4n) is 2.94. The molecular weight excluding hydrogens is 300 g/mol. The predicted molar refractivity (Wildman–Crippen MR) is 93.1 cm³/mol. The Morgan fingerprint density at radius 1 is 1.08 bits per heavy atom. The van der Waals surface area contributed by atoms with Gasteiger partial charge in [-0.25, -0.2) is 4.98 Å². The van der Waals surface area contributed by atoms with Crippen LogP contribution in [0.4, 0.5) is 0 Å². The summed E-state index contributed by atoms with van der Waals surface area (Å²) in [7, 11) is 0. The largest absolute Gasteiger partial charge is 0.453 e. The number of carbonyl (C=O) groups excluding carboxylic acids is 1. The van der Waals surface area contributed by atoms with E-state index >= 15 is 0 Å². The second-order valence-electron chi connectivity index (χ2n) is 5.75. The van der Waals surface area contributed by atoms with E-state index in [1.165, 1.54) is 5.56 Å². The van der Waals surface area contributed by atoms with Crippen molar-refractivity contribution in [1.29, 1.82) is 0 Å². The summed E-state index contributed by atoms with van der Waals surface area (Å²) in [5, 5.41) is 0. The van der Waals surface area contributed by atoms with Gasteiger partial charge in [0.25, 0.3) is 0 Å². The van der Waals surface area contributed by atoms with Crippen molar-refractivity contribution >= 4 is 17.3 Å². The number of aldehydes is 1. The summed E-state index contributed by atoms with van der Waals surface area (Å²) < 4.78 is 7.70. The Hall–Kier alpha value is -3.14. The summed E-state index contributed by atoms with van der Waals surface area (Å²) in [5.74, 6) is 1.98. The van der Waals surface area contributed by atoms with Crippen molar-refractivity contribution < 1.29 is 9.21 Å². The standard InChI is InChI=1S/C20H16N2O2/c1-14-21-18-11-16(20-10-8-17(13-23)24-20)7-9-19(18)22(14)12-15-5-3-2-4-6-15/h2-11,13H,12H2,1H3. The molecule has 0 aliphatic carbocycles. The highest BCUT2D eigenvalue weighted by atomic mass is 16.3. The minimum absolute atomic E-state index is 0.330. The van der Waals surface area contributed by atoms with Gasteiger partial charge in [-0.05, 0) is 42.8 Å². The van der Waals surface area contributed by atoms with Crippen LogP contribution in [0.5, 0.6) is 0 Å². The first kappa shape index (κ1) is 14.5. The van der Waals surface area contributed by atoms with Gasteiger partial charge < -0.3 is 8.98 Å². The summed E-state index contributed by atoms with van der Waals surface area (Å²) in [4.78, 5) is 15.4. The molecule has 0 aliphatic rings. The fraction of sp³-hybridized carbons (Fsp3) is 0.100. The molecule has 0 fully saturated rings. The lowest BCUT2D eigenvalue weighted by Gasteiger charge is -2.07. The zero-order valence-corrected chi connectivity index (χ0v) is 13.3. The first-order chi connectivity index (χ1) is 11.7. The van der Waals surface area contributed by atoms with Gasteiger partial charge in [0, 0.05) is 12.1 Å². The Balaban J connectivity index is 1.75. The third kappa shape index (κ3) is 2.52. The summed E-state index contributed by atoms with van der Waals surface area (Å²) in [5.41, 5.74) is 4.16. The molecule has 118 valence electrons. The van der Waals surface area contributed by atoms with E-state index in [0.717, 1.165) is 29.0 Å². The number of furan rings is 1. The molecule has 0 aliphatic heterocycles. The van der Waals surface area contributed by atoms with Gasteiger partial charge in [-0.1, -0.05) is 30.3 Å². The molecule has 24 heavy (non-hydrogen) atoms. The van der Waals surface area contributed by atoms with Crippen molar-refractivity contribution in [2.45, 2.75) is 13.5 Å². The van der Waals surface area contributed by atoms with Gasteiger partial charge in [0.05, 0.1) is 11.0 Å². The summed E-state index contributed by atoms with van der Waals surface area (Å²) in [6.07, 6.45) is 0.709. The first-order valence-corrected chi connectivity index (χ1v) is 7.81. The van der Waals surface area contributed by atoms with Crippen LogP contribution < -0.4 is 0 Å². The molecule has 0 atom stereocenters. The number of rotatable bonds is 4. The Morgan fingerprint density at radius 2 is 1.92 bits per heavy atom. The quantitative estimate of drug-likeness (QED) is 0.522. The van der Waals surface area contributed by atoms with Crippen LogP contribution in [0.25, 0.3) is 22.4 Å². The minimum atomic E-state index is 0.330. The maximum Gasteiger partial charge on any atom is 0.185 e. The SMILES string of the molecule is Cc1nc2cc(-c3ccc(C=O)o3)ccc2n1Cc1ccccc1. The first-order valence-electron chi connectivity index (χ1n) is 7.81. The van der Waals surface area contributed by atoms with Crippen molar-refractivity contribution in [3.05, 3.63) is 77.8 Å². The Morgan fingerprint density at radius 3 is 2.67 bits per heavy atom. The number of nitrogens with zero attached hydrogens (tertiary/aromatic N) is 2. The van der Waals surface area contributed by atoms with Crippen molar-refractivity contribution in [1.82, 2.24) is 9.55 Å². The molecule has 2 aromatic heterocycles. The van der Waals surface area contributed by atoms with Gasteiger partial charge in [-0.2, -0.15) is 0 Å². The van der Waals surface area contributed by atoms with E-state index in [-0.39, 0.29) is 0 Å². The topological polar surface area (TPSA) is 48.0 Å². The van der Waals surface area contributed by atoms with Crippen molar-refractivity contribution in [3.63, 3.8) is 0 Å². The molecule has 4 nitrogen and oxygen atoms in total.